The van der Waals surface area contributed by atoms with E-state index >= 15 is 0 Å². The van der Waals surface area contributed by atoms with Gasteiger partial charge in [-0.15, -0.1) is 0 Å². The molecule has 1 amide bonds. The fourth-order valence-electron chi connectivity index (χ4n) is 1.85. The maximum absolute atomic E-state index is 12.2. The van der Waals surface area contributed by atoms with Gasteiger partial charge in [-0.3, -0.25) is 14.2 Å². The van der Waals surface area contributed by atoms with Crippen LogP contribution in [0.1, 0.15) is 40.2 Å². The minimum absolute atomic E-state index is 0.162. The van der Waals surface area contributed by atoms with Gasteiger partial charge in [-0.2, -0.15) is 0 Å². The van der Waals surface area contributed by atoms with Gasteiger partial charge in [-0.05, 0) is 39.3 Å². The number of nitrogens with zero attached hydrogens (tertiary/aromatic N) is 1. The maximum Gasteiger partial charge on any atom is 0.293 e. The molecule has 0 aliphatic carbocycles. The van der Waals surface area contributed by atoms with Crippen molar-refractivity contribution in [2.45, 2.75) is 45.7 Å². The summed E-state index contributed by atoms with van der Waals surface area (Å²) in [5.74, 6) is 0.0786. The Morgan fingerprint density at radius 1 is 1.47 bits per heavy atom. The SMILES string of the molecule is CC[C@H](C(=O)NC(C)(C)C)n1cccc(OC)c1=O. The van der Waals surface area contributed by atoms with Crippen LogP contribution in [-0.4, -0.2) is 23.1 Å². The highest BCUT2D eigenvalue weighted by molar-refractivity contribution is 5.80. The zero-order valence-corrected chi connectivity index (χ0v) is 12.2. The van der Waals surface area contributed by atoms with Crippen molar-refractivity contribution in [1.82, 2.24) is 9.88 Å². The van der Waals surface area contributed by atoms with Gasteiger partial charge in [0.2, 0.25) is 5.91 Å². The average molecular weight is 266 g/mol. The molecule has 1 rings (SSSR count). The van der Waals surface area contributed by atoms with Gasteiger partial charge in [0.05, 0.1) is 7.11 Å². The number of pyridine rings is 1. The number of hydrogen-bond donors (Lipinski definition) is 1. The third-order valence-corrected chi connectivity index (χ3v) is 2.68. The van der Waals surface area contributed by atoms with E-state index in [1.165, 1.54) is 11.7 Å². The molecule has 5 heteroatoms. The normalized spacial score (nSPS) is 12.9. The standard InChI is InChI=1S/C14H22N2O3/c1-6-10(12(17)15-14(2,3)4)16-9-7-8-11(19-5)13(16)18/h7-10H,6H2,1-5H3,(H,15,17)/t10-/m1/s1. The summed E-state index contributed by atoms with van der Waals surface area (Å²) in [6, 6.07) is 2.77. The third-order valence-electron chi connectivity index (χ3n) is 2.68. The molecule has 0 radical (unpaired) electrons. The van der Waals surface area contributed by atoms with E-state index in [-0.39, 0.29) is 22.8 Å². The van der Waals surface area contributed by atoms with E-state index in [1.54, 1.807) is 18.3 Å². The number of nitrogens with one attached hydrogen (secondary N) is 1. The second-order valence-corrected chi connectivity index (χ2v) is 5.45. The lowest BCUT2D eigenvalue weighted by atomic mass is 10.1. The molecular formula is C14H22N2O3. The number of carbonyl (C=O) groups is 1. The summed E-state index contributed by atoms with van der Waals surface area (Å²) < 4.78 is 6.41. The third kappa shape index (κ3) is 3.84. The topological polar surface area (TPSA) is 60.3 Å². The van der Waals surface area contributed by atoms with E-state index < -0.39 is 6.04 Å². The molecule has 0 unspecified atom stereocenters. The number of rotatable bonds is 4. The van der Waals surface area contributed by atoms with Crippen LogP contribution in [0, 0.1) is 0 Å². The second-order valence-electron chi connectivity index (χ2n) is 5.45. The van der Waals surface area contributed by atoms with Crippen molar-refractivity contribution in [2.24, 2.45) is 0 Å². The fraction of sp³-hybridized carbons (Fsp3) is 0.571. The maximum atomic E-state index is 12.2. The van der Waals surface area contributed by atoms with Gasteiger partial charge in [-0.1, -0.05) is 6.92 Å². The van der Waals surface area contributed by atoms with Crippen LogP contribution in [0.5, 0.6) is 5.75 Å². The van der Waals surface area contributed by atoms with Gasteiger partial charge >= 0.3 is 0 Å². The highest BCUT2D eigenvalue weighted by atomic mass is 16.5. The molecule has 5 nitrogen and oxygen atoms in total. The minimum atomic E-state index is -0.526. The summed E-state index contributed by atoms with van der Waals surface area (Å²) in [7, 11) is 1.44. The van der Waals surface area contributed by atoms with Gasteiger partial charge in [0.1, 0.15) is 6.04 Å². The number of carbonyl (C=O) groups excluding carboxylic acids is 1. The smallest absolute Gasteiger partial charge is 0.293 e. The quantitative estimate of drug-likeness (QED) is 0.902. The van der Waals surface area contributed by atoms with Gasteiger partial charge in [0.25, 0.3) is 5.56 Å². The van der Waals surface area contributed by atoms with Crippen LogP contribution >= 0.6 is 0 Å². The Balaban J connectivity index is 3.11. The first kappa shape index (κ1) is 15.3. The van der Waals surface area contributed by atoms with E-state index in [2.05, 4.69) is 5.32 Å². The molecule has 1 atom stereocenters. The van der Waals surface area contributed by atoms with E-state index in [0.29, 0.717) is 6.42 Å². The molecule has 106 valence electrons. The van der Waals surface area contributed by atoms with Crippen LogP contribution in [0.3, 0.4) is 0 Å². The first-order chi connectivity index (χ1) is 8.80. The molecular weight excluding hydrogens is 244 g/mol. The molecule has 0 fully saturated rings. The van der Waals surface area contributed by atoms with Crippen molar-refractivity contribution in [2.75, 3.05) is 7.11 Å². The number of amides is 1. The Kier molecular flexibility index (Phi) is 4.75. The number of aromatic nitrogens is 1. The minimum Gasteiger partial charge on any atom is -0.491 e. The monoisotopic (exact) mass is 266 g/mol. The summed E-state index contributed by atoms with van der Waals surface area (Å²) in [6.07, 6.45) is 2.15. The zero-order valence-electron chi connectivity index (χ0n) is 12.2. The van der Waals surface area contributed by atoms with E-state index in [4.69, 9.17) is 4.74 Å². The lowest BCUT2D eigenvalue weighted by Gasteiger charge is -2.25. The Morgan fingerprint density at radius 2 is 2.11 bits per heavy atom. The van der Waals surface area contributed by atoms with Crippen molar-refractivity contribution in [3.05, 3.63) is 28.7 Å². The molecule has 0 saturated heterocycles. The number of hydrogen-bond acceptors (Lipinski definition) is 3. The molecule has 1 N–H and O–H groups in total. The van der Waals surface area contributed by atoms with Crippen molar-refractivity contribution in [3.63, 3.8) is 0 Å². The van der Waals surface area contributed by atoms with Crippen LogP contribution in [0.25, 0.3) is 0 Å². The molecule has 0 aliphatic rings. The highest BCUT2D eigenvalue weighted by Gasteiger charge is 2.24. The predicted octanol–water partition coefficient (Wildman–Crippen LogP) is 1.72. The van der Waals surface area contributed by atoms with Crippen molar-refractivity contribution < 1.29 is 9.53 Å². The Morgan fingerprint density at radius 3 is 2.58 bits per heavy atom. The van der Waals surface area contributed by atoms with Gasteiger partial charge in [0, 0.05) is 11.7 Å². The molecule has 0 spiro atoms. The molecule has 0 aromatic carbocycles. The zero-order chi connectivity index (χ0) is 14.6. The average Bonchev–Trinajstić information content (AvgIpc) is 2.30. The Hall–Kier alpha value is -1.78. The van der Waals surface area contributed by atoms with Crippen LogP contribution < -0.4 is 15.6 Å². The van der Waals surface area contributed by atoms with Crippen molar-refractivity contribution in [3.8, 4) is 5.75 Å². The molecule has 1 aromatic rings. The van der Waals surface area contributed by atoms with Crippen LogP contribution in [0.4, 0.5) is 0 Å². The van der Waals surface area contributed by atoms with E-state index in [9.17, 15) is 9.59 Å². The molecule has 1 heterocycles. The van der Waals surface area contributed by atoms with Gasteiger partial charge in [-0.25, -0.2) is 0 Å². The van der Waals surface area contributed by atoms with Crippen molar-refractivity contribution >= 4 is 5.91 Å². The fourth-order valence-corrected chi connectivity index (χ4v) is 1.85. The van der Waals surface area contributed by atoms with Gasteiger partial charge in [0.15, 0.2) is 5.75 Å². The first-order valence-corrected chi connectivity index (χ1v) is 6.37. The van der Waals surface area contributed by atoms with Crippen LogP contribution in [0.2, 0.25) is 0 Å². The summed E-state index contributed by atoms with van der Waals surface area (Å²) in [5, 5.41) is 2.89. The van der Waals surface area contributed by atoms with Crippen molar-refractivity contribution in [1.29, 1.82) is 0 Å². The Labute approximate surface area is 113 Å². The molecule has 1 aromatic heterocycles. The predicted molar refractivity (Wildman–Crippen MR) is 74.5 cm³/mol. The molecule has 0 bridgehead atoms. The Bertz CT molecular complexity index is 500. The molecule has 0 saturated carbocycles. The molecule has 19 heavy (non-hydrogen) atoms. The summed E-state index contributed by atoms with van der Waals surface area (Å²) in [6.45, 7) is 7.60. The summed E-state index contributed by atoms with van der Waals surface area (Å²) >= 11 is 0. The largest absolute Gasteiger partial charge is 0.491 e. The second kappa shape index (κ2) is 5.91. The van der Waals surface area contributed by atoms with E-state index in [0.717, 1.165) is 0 Å². The van der Waals surface area contributed by atoms with Gasteiger partial charge < -0.3 is 10.1 Å². The summed E-state index contributed by atoms with van der Waals surface area (Å²) in [4.78, 5) is 24.4. The number of methoxy groups -OCH3 is 1. The van der Waals surface area contributed by atoms with Crippen LogP contribution in [-0.2, 0) is 4.79 Å². The van der Waals surface area contributed by atoms with Crippen LogP contribution in [0.15, 0.2) is 23.1 Å². The lowest BCUT2D eigenvalue weighted by Crippen LogP contribution is -2.45. The lowest BCUT2D eigenvalue weighted by molar-refractivity contribution is -0.126. The first-order valence-electron chi connectivity index (χ1n) is 6.37. The summed E-state index contributed by atoms with van der Waals surface area (Å²) in [5.41, 5.74) is -0.617. The van der Waals surface area contributed by atoms with E-state index in [1.807, 2.05) is 27.7 Å². The number of ether oxygens (including phenoxy) is 1. The molecule has 0 aliphatic heterocycles. The highest BCUT2D eigenvalue weighted by Crippen LogP contribution is 2.13.